The molecule has 2 amide bonds. The van der Waals surface area contributed by atoms with Crippen LogP contribution in [-0.2, 0) is 0 Å². The Labute approximate surface area is 157 Å². The molecule has 2 aromatic carbocycles. The van der Waals surface area contributed by atoms with Gasteiger partial charge in [-0.05, 0) is 55.6 Å². The Bertz CT molecular complexity index is 790. The number of carbonyl (C=O) groups excluding carboxylic acids is 2. The zero-order chi connectivity index (χ0) is 19.8. The number of amides is 2. The summed E-state index contributed by atoms with van der Waals surface area (Å²) < 4.78 is 26.1. The first kappa shape index (κ1) is 20.5. The fourth-order valence-corrected chi connectivity index (χ4v) is 2.52. The Kier molecular flexibility index (Phi) is 7.43. The molecule has 2 N–H and O–H groups in total. The molecule has 0 bridgehead atoms. The molecule has 144 valence electrons. The van der Waals surface area contributed by atoms with Crippen LogP contribution in [0.15, 0.2) is 42.5 Å². The van der Waals surface area contributed by atoms with Crippen LogP contribution in [0.5, 0.6) is 0 Å². The molecule has 0 saturated heterocycles. The van der Waals surface area contributed by atoms with Gasteiger partial charge >= 0.3 is 0 Å². The minimum Gasteiger partial charge on any atom is -0.351 e. The topological polar surface area (TPSA) is 61.4 Å². The van der Waals surface area contributed by atoms with E-state index >= 15 is 0 Å². The molecule has 0 heterocycles. The first-order valence-corrected chi connectivity index (χ1v) is 8.81. The zero-order valence-electron chi connectivity index (χ0n) is 15.4. The molecule has 0 unspecified atom stereocenters. The van der Waals surface area contributed by atoms with Crippen molar-refractivity contribution in [2.75, 3.05) is 31.5 Å². The Hall–Kier alpha value is -2.80. The average Bonchev–Trinajstić information content (AvgIpc) is 2.67. The van der Waals surface area contributed by atoms with Gasteiger partial charge in [-0.25, -0.2) is 8.78 Å². The number of anilines is 1. The number of hydrogen-bond donors (Lipinski definition) is 2. The number of likely N-dealkylation sites (N-methyl/N-ethyl adjacent to an activating group) is 1. The molecular formula is C20H23F2N3O2. The highest BCUT2D eigenvalue weighted by Gasteiger charge is 2.11. The lowest BCUT2D eigenvalue weighted by molar-refractivity contribution is 0.0948. The van der Waals surface area contributed by atoms with Crippen LogP contribution in [0.4, 0.5) is 14.5 Å². The highest BCUT2D eigenvalue weighted by molar-refractivity contribution is 6.04. The second kappa shape index (κ2) is 9.78. The molecule has 0 aromatic heterocycles. The molecule has 0 radical (unpaired) electrons. The van der Waals surface area contributed by atoms with E-state index in [1.807, 2.05) is 0 Å². The summed E-state index contributed by atoms with van der Waals surface area (Å²) in [5.74, 6) is -2.85. The van der Waals surface area contributed by atoms with E-state index in [0.29, 0.717) is 17.8 Å². The number of nitrogens with one attached hydrogen (secondary N) is 2. The predicted molar refractivity (Wildman–Crippen MR) is 101 cm³/mol. The van der Waals surface area contributed by atoms with Crippen molar-refractivity contribution in [1.82, 2.24) is 10.2 Å². The molecule has 0 aliphatic rings. The maximum atomic E-state index is 13.2. The lowest BCUT2D eigenvalue weighted by Gasteiger charge is -2.18. The molecule has 0 aliphatic carbocycles. The van der Waals surface area contributed by atoms with E-state index in [1.165, 1.54) is 6.07 Å². The summed E-state index contributed by atoms with van der Waals surface area (Å²) in [5, 5.41) is 5.43. The van der Waals surface area contributed by atoms with Gasteiger partial charge < -0.3 is 15.5 Å². The van der Waals surface area contributed by atoms with E-state index in [2.05, 4.69) is 29.4 Å². The van der Waals surface area contributed by atoms with Gasteiger partial charge in [0.25, 0.3) is 11.8 Å². The summed E-state index contributed by atoms with van der Waals surface area (Å²) in [4.78, 5) is 26.4. The number of carbonyl (C=O) groups is 2. The average molecular weight is 375 g/mol. The van der Waals surface area contributed by atoms with E-state index in [0.717, 1.165) is 31.8 Å². The summed E-state index contributed by atoms with van der Waals surface area (Å²) in [6.45, 7) is 7.32. The lowest BCUT2D eigenvalue weighted by atomic mass is 10.1. The lowest BCUT2D eigenvalue weighted by Crippen LogP contribution is -2.34. The van der Waals surface area contributed by atoms with Crippen LogP contribution in [-0.4, -0.2) is 42.9 Å². The molecule has 2 rings (SSSR count). The fourth-order valence-electron chi connectivity index (χ4n) is 2.52. The third kappa shape index (κ3) is 5.86. The van der Waals surface area contributed by atoms with Crippen LogP contribution in [0.25, 0.3) is 0 Å². The maximum absolute atomic E-state index is 13.2. The van der Waals surface area contributed by atoms with Gasteiger partial charge in [0, 0.05) is 29.9 Å². The van der Waals surface area contributed by atoms with Gasteiger partial charge in [0.1, 0.15) is 0 Å². The smallest absolute Gasteiger partial charge is 0.255 e. The van der Waals surface area contributed by atoms with Crippen molar-refractivity contribution >= 4 is 17.5 Å². The van der Waals surface area contributed by atoms with Gasteiger partial charge in [-0.1, -0.05) is 13.8 Å². The molecule has 5 nitrogen and oxygen atoms in total. The maximum Gasteiger partial charge on any atom is 0.255 e. The number of hydrogen-bond acceptors (Lipinski definition) is 3. The normalized spacial score (nSPS) is 10.7. The van der Waals surface area contributed by atoms with E-state index in [1.54, 1.807) is 24.3 Å². The van der Waals surface area contributed by atoms with Crippen molar-refractivity contribution in [3.63, 3.8) is 0 Å². The monoisotopic (exact) mass is 375 g/mol. The predicted octanol–water partition coefficient (Wildman–Crippen LogP) is 3.29. The number of rotatable bonds is 8. The zero-order valence-corrected chi connectivity index (χ0v) is 15.4. The summed E-state index contributed by atoms with van der Waals surface area (Å²) in [7, 11) is 0. The van der Waals surface area contributed by atoms with Crippen LogP contribution in [0, 0.1) is 11.6 Å². The van der Waals surface area contributed by atoms with Gasteiger partial charge in [-0.15, -0.1) is 0 Å². The minimum atomic E-state index is -1.08. The van der Waals surface area contributed by atoms with Crippen LogP contribution in [0.3, 0.4) is 0 Å². The molecule has 0 atom stereocenters. The Morgan fingerprint density at radius 2 is 1.52 bits per heavy atom. The van der Waals surface area contributed by atoms with Gasteiger partial charge in [-0.3, -0.25) is 9.59 Å². The second-order valence-corrected chi connectivity index (χ2v) is 5.94. The summed E-state index contributed by atoms with van der Waals surface area (Å²) in [6.07, 6.45) is 0. The third-order valence-electron chi connectivity index (χ3n) is 4.19. The summed E-state index contributed by atoms with van der Waals surface area (Å²) >= 11 is 0. The van der Waals surface area contributed by atoms with Crippen molar-refractivity contribution in [3.8, 4) is 0 Å². The van der Waals surface area contributed by atoms with Gasteiger partial charge in [0.05, 0.1) is 0 Å². The molecule has 0 saturated carbocycles. The standard InChI is InChI=1S/C20H23F2N3O2/c1-3-25(4-2)12-11-23-19(26)14-5-8-16(9-6-14)24-20(27)15-7-10-17(21)18(22)13-15/h5-10,13H,3-4,11-12H2,1-2H3,(H,23,26)(H,24,27). The van der Waals surface area contributed by atoms with Crippen LogP contribution in [0.2, 0.25) is 0 Å². The minimum absolute atomic E-state index is 0.00659. The highest BCUT2D eigenvalue weighted by Crippen LogP contribution is 2.13. The second-order valence-electron chi connectivity index (χ2n) is 5.94. The van der Waals surface area contributed by atoms with Crippen LogP contribution < -0.4 is 10.6 Å². The van der Waals surface area contributed by atoms with E-state index in [4.69, 9.17) is 0 Å². The van der Waals surface area contributed by atoms with Crippen molar-refractivity contribution in [2.24, 2.45) is 0 Å². The summed E-state index contributed by atoms with van der Waals surface area (Å²) in [6, 6.07) is 9.28. The molecule has 0 aliphatic heterocycles. The van der Waals surface area contributed by atoms with Gasteiger partial charge in [-0.2, -0.15) is 0 Å². The highest BCUT2D eigenvalue weighted by atomic mass is 19.2. The first-order valence-electron chi connectivity index (χ1n) is 8.81. The molecule has 0 fully saturated rings. The van der Waals surface area contributed by atoms with Gasteiger partial charge in [0.2, 0.25) is 0 Å². The van der Waals surface area contributed by atoms with Crippen molar-refractivity contribution in [2.45, 2.75) is 13.8 Å². The Morgan fingerprint density at radius 3 is 2.11 bits per heavy atom. The van der Waals surface area contributed by atoms with E-state index < -0.39 is 17.5 Å². The first-order chi connectivity index (χ1) is 12.9. The molecular weight excluding hydrogens is 352 g/mol. The number of nitrogens with zero attached hydrogens (tertiary/aromatic N) is 1. The van der Waals surface area contributed by atoms with Crippen LogP contribution in [0.1, 0.15) is 34.6 Å². The summed E-state index contributed by atoms with van der Waals surface area (Å²) in [5.41, 5.74) is 0.928. The van der Waals surface area contributed by atoms with Crippen molar-refractivity contribution in [3.05, 3.63) is 65.2 Å². The quantitative estimate of drug-likeness (QED) is 0.744. The van der Waals surface area contributed by atoms with E-state index in [9.17, 15) is 18.4 Å². The van der Waals surface area contributed by atoms with Crippen LogP contribution >= 0.6 is 0 Å². The Morgan fingerprint density at radius 1 is 0.889 bits per heavy atom. The van der Waals surface area contributed by atoms with Gasteiger partial charge in [0.15, 0.2) is 11.6 Å². The number of halogens is 2. The SMILES string of the molecule is CCN(CC)CCNC(=O)c1ccc(NC(=O)c2ccc(F)c(F)c2)cc1. The molecule has 2 aromatic rings. The van der Waals surface area contributed by atoms with E-state index in [-0.39, 0.29) is 11.5 Å². The molecule has 27 heavy (non-hydrogen) atoms. The van der Waals surface area contributed by atoms with Crippen molar-refractivity contribution < 1.29 is 18.4 Å². The molecule has 7 heteroatoms. The Balaban J connectivity index is 1.91. The van der Waals surface area contributed by atoms with Crippen molar-refractivity contribution in [1.29, 1.82) is 0 Å². The fraction of sp³-hybridized carbons (Fsp3) is 0.300. The number of benzene rings is 2. The largest absolute Gasteiger partial charge is 0.351 e. The molecule has 0 spiro atoms. The third-order valence-corrected chi connectivity index (χ3v) is 4.19.